The topological polar surface area (TPSA) is 38.5 Å². The Bertz CT molecular complexity index is 182. The van der Waals surface area contributed by atoms with Gasteiger partial charge in [0.05, 0.1) is 6.10 Å². The third-order valence-electron chi connectivity index (χ3n) is 2.66. The van der Waals surface area contributed by atoms with Crippen LogP contribution in [0.25, 0.3) is 0 Å². The molecule has 3 nitrogen and oxygen atoms in total. The minimum atomic E-state index is 0.343. The Morgan fingerprint density at radius 3 is 2.85 bits per heavy atom. The summed E-state index contributed by atoms with van der Waals surface area (Å²) in [6, 6.07) is 0.531. The van der Waals surface area contributed by atoms with Gasteiger partial charge in [0.25, 0.3) is 0 Å². The third-order valence-corrected chi connectivity index (χ3v) is 2.66. The Labute approximate surface area is 80.5 Å². The van der Waals surface area contributed by atoms with Gasteiger partial charge in [-0.3, -0.25) is 4.90 Å². The molecule has 1 aliphatic heterocycles. The summed E-state index contributed by atoms with van der Waals surface area (Å²) in [6.45, 7) is 8.37. The normalized spacial score (nSPS) is 28.3. The summed E-state index contributed by atoms with van der Waals surface area (Å²) in [5, 5.41) is 0. The molecule has 1 fully saturated rings. The summed E-state index contributed by atoms with van der Waals surface area (Å²) in [7, 11) is 2.11. The number of ether oxygens (including phenoxy) is 1. The Morgan fingerprint density at radius 1 is 1.69 bits per heavy atom. The minimum Gasteiger partial charge on any atom is -0.377 e. The molecule has 2 N–H and O–H groups in total. The van der Waals surface area contributed by atoms with Crippen LogP contribution in [0.4, 0.5) is 0 Å². The second-order valence-electron chi connectivity index (χ2n) is 3.80. The minimum absolute atomic E-state index is 0.343. The van der Waals surface area contributed by atoms with E-state index in [1.54, 1.807) is 0 Å². The van der Waals surface area contributed by atoms with Crippen LogP contribution in [0, 0.1) is 0 Å². The standard InChI is InChI=1S/C10H20N2O/c1-8(6-11)7-12(3)10-4-5-13-9(10)2/h9-10H,1,4-7,11H2,2-3H3. The van der Waals surface area contributed by atoms with Crippen molar-refractivity contribution in [2.75, 3.05) is 26.7 Å². The average molecular weight is 184 g/mol. The van der Waals surface area contributed by atoms with Crippen LogP contribution in [0.15, 0.2) is 12.2 Å². The summed E-state index contributed by atoms with van der Waals surface area (Å²) in [4.78, 5) is 2.28. The molecule has 1 rings (SSSR count). The van der Waals surface area contributed by atoms with E-state index < -0.39 is 0 Å². The smallest absolute Gasteiger partial charge is 0.0703 e. The summed E-state index contributed by atoms with van der Waals surface area (Å²) in [6.07, 6.45) is 1.46. The molecule has 0 aromatic rings. The first-order valence-electron chi connectivity index (χ1n) is 4.83. The largest absolute Gasteiger partial charge is 0.377 e. The summed E-state index contributed by atoms with van der Waals surface area (Å²) in [5.41, 5.74) is 6.58. The zero-order chi connectivity index (χ0) is 9.84. The lowest BCUT2D eigenvalue weighted by molar-refractivity contribution is 0.0865. The molecule has 0 spiro atoms. The van der Waals surface area contributed by atoms with Crippen molar-refractivity contribution in [1.29, 1.82) is 0 Å². The van der Waals surface area contributed by atoms with E-state index >= 15 is 0 Å². The monoisotopic (exact) mass is 184 g/mol. The van der Waals surface area contributed by atoms with Gasteiger partial charge in [-0.1, -0.05) is 6.58 Å². The lowest BCUT2D eigenvalue weighted by Crippen LogP contribution is -2.38. The molecule has 2 atom stereocenters. The van der Waals surface area contributed by atoms with Crippen molar-refractivity contribution in [2.45, 2.75) is 25.5 Å². The van der Waals surface area contributed by atoms with E-state index in [-0.39, 0.29) is 0 Å². The van der Waals surface area contributed by atoms with Gasteiger partial charge in [0.2, 0.25) is 0 Å². The van der Waals surface area contributed by atoms with E-state index in [1.165, 1.54) is 0 Å². The molecule has 1 aliphatic rings. The molecule has 1 heterocycles. The van der Waals surface area contributed by atoms with E-state index in [2.05, 4.69) is 25.5 Å². The van der Waals surface area contributed by atoms with Gasteiger partial charge in [-0.15, -0.1) is 0 Å². The fraction of sp³-hybridized carbons (Fsp3) is 0.800. The molecule has 0 amide bonds. The van der Waals surface area contributed by atoms with E-state index in [0.717, 1.165) is 25.1 Å². The molecule has 13 heavy (non-hydrogen) atoms. The van der Waals surface area contributed by atoms with Gasteiger partial charge in [-0.25, -0.2) is 0 Å². The molecular weight excluding hydrogens is 164 g/mol. The highest BCUT2D eigenvalue weighted by Gasteiger charge is 2.27. The lowest BCUT2D eigenvalue weighted by atomic mass is 10.1. The zero-order valence-corrected chi connectivity index (χ0v) is 8.62. The molecule has 0 bridgehead atoms. The van der Waals surface area contributed by atoms with Crippen molar-refractivity contribution in [2.24, 2.45) is 5.73 Å². The Hall–Kier alpha value is -0.380. The van der Waals surface area contributed by atoms with Gasteiger partial charge in [0, 0.05) is 25.7 Å². The predicted molar refractivity (Wildman–Crippen MR) is 54.6 cm³/mol. The van der Waals surface area contributed by atoms with Gasteiger partial charge < -0.3 is 10.5 Å². The summed E-state index contributed by atoms with van der Waals surface area (Å²) < 4.78 is 5.50. The molecule has 3 heteroatoms. The van der Waals surface area contributed by atoms with Crippen molar-refractivity contribution in [3.63, 3.8) is 0 Å². The average Bonchev–Trinajstić information content (AvgIpc) is 2.51. The second-order valence-corrected chi connectivity index (χ2v) is 3.80. The third kappa shape index (κ3) is 2.79. The van der Waals surface area contributed by atoms with Crippen LogP contribution in [0.5, 0.6) is 0 Å². The fourth-order valence-electron chi connectivity index (χ4n) is 1.83. The molecule has 0 radical (unpaired) electrons. The number of likely N-dealkylation sites (N-methyl/N-ethyl adjacent to an activating group) is 1. The van der Waals surface area contributed by atoms with Gasteiger partial charge in [-0.05, 0) is 26.0 Å². The summed E-state index contributed by atoms with van der Waals surface area (Å²) >= 11 is 0. The first-order chi connectivity index (χ1) is 6.15. The quantitative estimate of drug-likeness (QED) is 0.651. The highest BCUT2D eigenvalue weighted by molar-refractivity contribution is 4.99. The van der Waals surface area contributed by atoms with Gasteiger partial charge in [0.15, 0.2) is 0 Å². The molecule has 1 saturated heterocycles. The Morgan fingerprint density at radius 2 is 2.38 bits per heavy atom. The van der Waals surface area contributed by atoms with Gasteiger partial charge in [0.1, 0.15) is 0 Å². The SMILES string of the molecule is C=C(CN)CN(C)C1CCOC1C. The number of nitrogens with zero attached hydrogens (tertiary/aromatic N) is 1. The number of rotatable bonds is 4. The van der Waals surface area contributed by atoms with Crippen molar-refractivity contribution < 1.29 is 4.74 Å². The van der Waals surface area contributed by atoms with Crippen LogP contribution in [-0.4, -0.2) is 43.8 Å². The number of nitrogens with two attached hydrogens (primary N) is 1. The van der Waals surface area contributed by atoms with Crippen LogP contribution in [0.1, 0.15) is 13.3 Å². The maximum Gasteiger partial charge on any atom is 0.0703 e. The van der Waals surface area contributed by atoms with Gasteiger partial charge >= 0.3 is 0 Å². The van der Waals surface area contributed by atoms with Crippen molar-refractivity contribution in [3.8, 4) is 0 Å². The second kappa shape index (κ2) is 4.74. The highest BCUT2D eigenvalue weighted by Crippen LogP contribution is 2.18. The van der Waals surface area contributed by atoms with Crippen LogP contribution in [-0.2, 0) is 4.74 Å². The Kier molecular flexibility index (Phi) is 3.90. The Balaban J connectivity index is 2.38. The number of hydrogen-bond acceptors (Lipinski definition) is 3. The van der Waals surface area contributed by atoms with Gasteiger partial charge in [-0.2, -0.15) is 0 Å². The molecule has 76 valence electrons. The van der Waals surface area contributed by atoms with Crippen molar-refractivity contribution in [3.05, 3.63) is 12.2 Å². The van der Waals surface area contributed by atoms with Crippen LogP contribution >= 0.6 is 0 Å². The molecule has 0 aromatic heterocycles. The molecule has 0 aromatic carbocycles. The molecule has 2 unspecified atom stereocenters. The number of hydrogen-bond donors (Lipinski definition) is 1. The van der Waals surface area contributed by atoms with Crippen LogP contribution < -0.4 is 5.73 Å². The van der Waals surface area contributed by atoms with E-state index in [4.69, 9.17) is 10.5 Å². The van der Waals surface area contributed by atoms with E-state index in [0.29, 0.717) is 18.7 Å². The molecule has 0 aliphatic carbocycles. The maximum absolute atomic E-state index is 5.50. The molecular formula is C10H20N2O. The first kappa shape index (κ1) is 10.7. The first-order valence-corrected chi connectivity index (χ1v) is 4.83. The van der Waals surface area contributed by atoms with Crippen molar-refractivity contribution in [1.82, 2.24) is 4.90 Å². The van der Waals surface area contributed by atoms with Crippen LogP contribution in [0.3, 0.4) is 0 Å². The molecule has 0 saturated carbocycles. The van der Waals surface area contributed by atoms with Crippen molar-refractivity contribution >= 4 is 0 Å². The highest BCUT2D eigenvalue weighted by atomic mass is 16.5. The maximum atomic E-state index is 5.50. The van der Waals surface area contributed by atoms with E-state index in [1.807, 2.05) is 0 Å². The summed E-state index contributed by atoms with van der Waals surface area (Å²) in [5.74, 6) is 0. The predicted octanol–water partition coefficient (Wildman–Crippen LogP) is 0.611. The van der Waals surface area contributed by atoms with E-state index in [9.17, 15) is 0 Å². The van der Waals surface area contributed by atoms with Crippen LogP contribution in [0.2, 0.25) is 0 Å². The lowest BCUT2D eigenvalue weighted by Gasteiger charge is -2.26. The fourth-order valence-corrected chi connectivity index (χ4v) is 1.83. The zero-order valence-electron chi connectivity index (χ0n) is 8.62.